The minimum absolute atomic E-state index is 0.324. The van der Waals surface area contributed by atoms with Crippen LogP contribution in [0.3, 0.4) is 0 Å². The zero-order valence-corrected chi connectivity index (χ0v) is 9.26. The van der Waals surface area contributed by atoms with Crippen molar-refractivity contribution in [2.24, 2.45) is 0 Å². The quantitative estimate of drug-likeness (QED) is 0.816. The van der Waals surface area contributed by atoms with Crippen LogP contribution in [0.2, 0.25) is 0 Å². The molecule has 0 aliphatic heterocycles. The Labute approximate surface area is 86.7 Å². The fourth-order valence-electron chi connectivity index (χ4n) is 1.58. The fourth-order valence-corrected chi connectivity index (χ4v) is 1.94. The maximum atomic E-state index is 3.39. The van der Waals surface area contributed by atoms with E-state index < -0.39 is 0 Å². The van der Waals surface area contributed by atoms with E-state index in [9.17, 15) is 0 Å². The molecule has 2 heteroatoms. The van der Waals surface area contributed by atoms with Gasteiger partial charge in [0.2, 0.25) is 0 Å². The highest BCUT2D eigenvalue weighted by Gasteiger charge is 2.42. The van der Waals surface area contributed by atoms with Crippen LogP contribution in [0.15, 0.2) is 24.3 Å². The summed E-state index contributed by atoms with van der Waals surface area (Å²) in [5.41, 5.74) is 1.76. The summed E-state index contributed by atoms with van der Waals surface area (Å²) >= 11 is 2.34. The molecule has 0 bridgehead atoms. The van der Waals surface area contributed by atoms with Gasteiger partial charge in [0.25, 0.3) is 0 Å². The summed E-state index contributed by atoms with van der Waals surface area (Å²) in [6, 6.07) is 8.80. The fraction of sp³-hybridized carbons (Fsp3) is 0.400. The topological polar surface area (TPSA) is 12.0 Å². The van der Waals surface area contributed by atoms with Crippen LogP contribution in [0.4, 0.5) is 0 Å². The van der Waals surface area contributed by atoms with E-state index in [2.05, 4.69) is 52.2 Å². The lowest BCUT2D eigenvalue weighted by Crippen LogP contribution is -2.24. The van der Waals surface area contributed by atoms with E-state index in [1.165, 1.54) is 22.0 Å². The van der Waals surface area contributed by atoms with Crippen LogP contribution in [0, 0.1) is 3.57 Å². The second-order valence-electron chi connectivity index (χ2n) is 3.34. The molecule has 1 nitrogen and oxygen atoms in total. The molecule has 0 amide bonds. The molecule has 0 spiro atoms. The van der Waals surface area contributed by atoms with Crippen molar-refractivity contribution in [3.63, 3.8) is 0 Å². The summed E-state index contributed by atoms with van der Waals surface area (Å²) in [5.74, 6) is 0. The van der Waals surface area contributed by atoms with Crippen molar-refractivity contribution in [2.75, 3.05) is 7.05 Å². The Morgan fingerprint density at radius 3 is 2.25 bits per heavy atom. The molecule has 1 aromatic carbocycles. The van der Waals surface area contributed by atoms with Crippen molar-refractivity contribution in [3.05, 3.63) is 33.4 Å². The number of halogens is 1. The van der Waals surface area contributed by atoms with E-state index >= 15 is 0 Å². The minimum atomic E-state index is 0.324. The van der Waals surface area contributed by atoms with Crippen LogP contribution < -0.4 is 5.32 Å². The second-order valence-corrected chi connectivity index (χ2v) is 4.58. The van der Waals surface area contributed by atoms with E-state index in [0.29, 0.717) is 5.54 Å². The van der Waals surface area contributed by atoms with Gasteiger partial charge >= 0.3 is 0 Å². The molecule has 0 aromatic heterocycles. The Hall–Kier alpha value is -0.0900. The Morgan fingerprint density at radius 1 is 1.25 bits per heavy atom. The number of rotatable bonds is 2. The van der Waals surface area contributed by atoms with Crippen molar-refractivity contribution in [1.29, 1.82) is 0 Å². The average molecular weight is 273 g/mol. The molecule has 0 saturated heterocycles. The van der Waals surface area contributed by atoms with Crippen LogP contribution in [0.5, 0.6) is 0 Å². The molecule has 12 heavy (non-hydrogen) atoms. The minimum Gasteiger partial charge on any atom is -0.310 e. The Bertz CT molecular complexity index is 274. The normalized spacial score (nSPS) is 19.2. The molecule has 2 rings (SSSR count). The molecular formula is C10H12IN. The van der Waals surface area contributed by atoms with Crippen molar-refractivity contribution in [1.82, 2.24) is 5.32 Å². The number of hydrogen-bond acceptors (Lipinski definition) is 1. The molecule has 1 saturated carbocycles. The predicted molar refractivity (Wildman–Crippen MR) is 59.1 cm³/mol. The van der Waals surface area contributed by atoms with Crippen molar-refractivity contribution < 1.29 is 0 Å². The molecule has 1 aromatic rings. The summed E-state index contributed by atoms with van der Waals surface area (Å²) in [6.07, 6.45) is 2.56. The van der Waals surface area contributed by atoms with Crippen LogP contribution in [0.25, 0.3) is 0 Å². The molecule has 0 unspecified atom stereocenters. The van der Waals surface area contributed by atoms with Gasteiger partial charge in [0, 0.05) is 9.11 Å². The van der Waals surface area contributed by atoms with Gasteiger partial charge in [-0.3, -0.25) is 0 Å². The smallest absolute Gasteiger partial charge is 0.0433 e. The first-order chi connectivity index (χ1) is 5.77. The van der Waals surface area contributed by atoms with E-state index in [4.69, 9.17) is 0 Å². The van der Waals surface area contributed by atoms with Gasteiger partial charge < -0.3 is 5.32 Å². The highest BCUT2D eigenvalue weighted by atomic mass is 127. The Kier molecular flexibility index (Phi) is 2.12. The van der Waals surface area contributed by atoms with Gasteiger partial charge in [-0.15, -0.1) is 0 Å². The number of benzene rings is 1. The molecule has 64 valence electrons. The first kappa shape index (κ1) is 8.51. The largest absolute Gasteiger partial charge is 0.310 e. The summed E-state index contributed by atoms with van der Waals surface area (Å²) < 4.78 is 1.31. The lowest BCUT2D eigenvalue weighted by atomic mass is 10.1. The van der Waals surface area contributed by atoms with Gasteiger partial charge in [-0.1, -0.05) is 12.1 Å². The lowest BCUT2D eigenvalue weighted by Gasteiger charge is -2.13. The van der Waals surface area contributed by atoms with Crippen LogP contribution in [-0.2, 0) is 5.54 Å². The number of nitrogens with one attached hydrogen (secondary N) is 1. The summed E-state index contributed by atoms with van der Waals surface area (Å²) in [7, 11) is 2.05. The molecule has 1 aliphatic carbocycles. The average Bonchev–Trinajstić information content (AvgIpc) is 2.86. The van der Waals surface area contributed by atoms with E-state index in [1.54, 1.807) is 0 Å². The molecule has 0 atom stereocenters. The zero-order valence-electron chi connectivity index (χ0n) is 7.10. The van der Waals surface area contributed by atoms with Crippen LogP contribution in [-0.4, -0.2) is 7.05 Å². The molecule has 1 fully saturated rings. The van der Waals surface area contributed by atoms with Gasteiger partial charge in [-0.05, 0) is 60.2 Å². The lowest BCUT2D eigenvalue weighted by molar-refractivity contribution is 0.585. The van der Waals surface area contributed by atoms with Crippen molar-refractivity contribution in [3.8, 4) is 0 Å². The maximum Gasteiger partial charge on any atom is 0.0433 e. The van der Waals surface area contributed by atoms with Crippen LogP contribution in [0.1, 0.15) is 18.4 Å². The van der Waals surface area contributed by atoms with Gasteiger partial charge in [0.1, 0.15) is 0 Å². The van der Waals surface area contributed by atoms with Gasteiger partial charge in [-0.2, -0.15) is 0 Å². The third-order valence-corrected chi connectivity index (χ3v) is 3.34. The van der Waals surface area contributed by atoms with Gasteiger partial charge in [0.15, 0.2) is 0 Å². The molecular weight excluding hydrogens is 261 g/mol. The van der Waals surface area contributed by atoms with E-state index in [-0.39, 0.29) is 0 Å². The first-order valence-electron chi connectivity index (χ1n) is 4.22. The second kappa shape index (κ2) is 3.00. The zero-order chi connectivity index (χ0) is 8.60. The summed E-state index contributed by atoms with van der Waals surface area (Å²) in [6.45, 7) is 0. The SMILES string of the molecule is CNC1(c2ccc(I)cc2)CC1. The monoisotopic (exact) mass is 273 g/mol. The Morgan fingerprint density at radius 2 is 1.83 bits per heavy atom. The van der Waals surface area contributed by atoms with Gasteiger partial charge in [0.05, 0.1) is 0 Å². The summed E-state index contributed by atoms with van der Waals surface area (Å²) in [5, 5.41) is 3.39. The maximum absolute atomic E-state index is 3.39. The highest BCUT2D eigenvalue weighted by Crippen LogP contribution is 2.44. The van der Waals surface area contributed by atoms with Crippen molar-refractivity contribution >= 4 is 22.6 Å². The predicted octanol–water partition coefficient (Wildman–Crippen LogP) is 2.50. The molecule has 0 radical (unpaired) electrons. The first-order valence-corrected chi connectivity index (χ1v) is 5.30. The number of hydrogen-bond donors (Lipinski definition) is 1. The Balaban J connectivity index is 2.29. The van der Waals surface area contributed by atoms with E-state index in [1.807, 2.05) is 7.05 Å². The third-order valence-electron chi connectivity index (χ3n) is 2.63. The standard InChI is InChI=1S/C10H12IN/c1-12-10(6-7-10)8-2-4-9(11)5-3-8/h2-5,12H,6-7H2,1H3. The van der Waals surface area contributed by atoms with E-state index in [0.717, 1.165) is 0 Å². The third kappa shape index (κ3) is 1.38. The highest BCUT2D eigenvalue weighted by molar-refractivity contribution is 14.1. The summed E-state index contributed by atoms with van der Waals surface area (Å²) in [4.78, 5) is 0. The molecule has 1 N–H and O–H groups in total. The van der Waals surface area contributed by atoms with Gasteiger partial charge in [-0.25, -0.2) is 0 Å². The van der Waals surface area contributed by atoms with Crippen molar-refractivity contribution in [2.45, 2.75) is 18.4 Å². The van der Waals surface area contributed by atoms with Crippen LogP contribution >= 0.6 is 22.6 Å². The molecule has 0 heterocycles. The molecule has 1 aliphatic rings.